The van der Waals surface area contributed by atoms with Crippen LogP contribution < -0.4 is 5.56 Å². The monoisotopic (exact) mass is 399 g/mol. The lowest BCUT2D eigenvalue weighted by Crippen LogP contribution is -2.24. The minimum Gasteiger partial charge on any atom is -0.359 e. The van der Waals surface area contributed by atoms with Crippen molar-refractivity contribution in [2.45, 2.75) is 37.9 Å². The number of ketones is 1. The number of Topliss-reactive ketones (excluding diaryl/α,β-unsaturated/α-hetero) is 1. The Morgan fingerprint density at radius 3 is 3.15 bits per heavy atom. The summed E-state index contributed by atoms with van der Waals surface area (Å²) in [5.41, 5.74) is 1.74. The van der Waals surface area contributed by atoms with E-state index >= 15 is 0 Å². The summed E-state index contributed by atoms with van der Waals surface area (Å²) >= 11 is 2.95. The number of thioether (sulfide) groups is 1. The SMILES string of the molecule is C=CCn1c(SCC(=O)c2ccc[nH]2)nc2sc3c(c2c1=O)CC[C@@H](C)C3. The highest BCUT2D eigenvalue weighted by molar-refractivity contribution is 7.99. The van der Waals surface area contributed by atoms with Gasteiger partial charge in [-0.3, -0.25) is 14.2 Å². The van der Waals surface area contributed by atoms with Crippen molar-refractivity contribution in [3.63, 3.8) is 0 Å². The van der Waals surface area contributed by atoms with Gasteiger partial charge >= 0.3 is 0 Å². The summed E-state index contributed by atoms with van der Waals surface area (Å²) in [6, 6.07) is 3.55. The largest absolute Gasteiger partial charge is 0.359 e. The van der Waals surface area contributed by atoms with Crippen LogP contribution in [0.15, 0.2) is 40.9 Å². The Kier molecular flexibility index (Phi) is 5.06. The van der Waals surface area contributed by atoms with Gasteiger partial charge in [-0.25, -0.2) is 4.98 Å². The first kappa shape index (κ1) is 18.3. The molecule has 7 heteroatoms. The fraction of sp³-hybridized carbons (Fsp3) is 0.350. The number of thiophene rings is 1. The Hall–Kier alpha value is -2.12. The number of allylic oxidation sites excluding steroid dienone is 1. The van der Waals surface area contributed by atoms with Crippen molar-refractivity contribution in [3.8, 4) is 0 Å². The van der Waals surface area contributed by atoms with Crippen LogP contribution in [-0.4, -0.2) is 26.1 Å². The number of hydrogen-bond acceptors (Lipinski definition) is 5. The van der Waals surface area contributed by atoms with Gasteiger partial charge in [-0.15, -0.1) is 17.9 Å². The summed E-state index contributed by atoms with van der Waals surface area (Å²) in [6.45, 7) is 6.42. The van der Waals surface area contributed by atoms with Gasteiger partial charge in [-0.05, 0) is 42.9 Å². The molecule has 0 amide bonds. The second-order valence-corrected chi connectivity index (χ2v) is 8.95. The molecule has 0 radical (unpaired) electrons. The van der Waals surface area contributed by atoms with Crippen molar-refractivity contribution >= 4 is 39.1 Å². The predicted molar refractivity (Wildman–Crippen MR) is 111 cm³/mol. The fourth-order valence-corrected chi connectivity index (χ4v) is 5.83. The van der Waals surface area contributed by atoms with E-state index in [9.17, 15) is 9.59 Å². The van der Waals surface area contributed by atoms with Crippen molar-refractivity contribution in [3.05, 3.63) is 57.5 Å². The van der Waals surface area contributed by atoms with E-state index in [1.165, 1.54) is 22.2 Å². The number of aromatic nitrogens is 3. The minimum atomic E-state index is -0.0122. The Morgan fingerprint density at radius 1 is 1.56 bits per heavy atom. The predicted octanol–water partition coefficient (Wildman–Crippen LogP) is 4.07. The first-order chi connectivity index (χ1) is 13.1. The van der Waals surface area contributed by atoms with E-state index in [0.717, 1.165) is 29.5 Å². The molecule has 0 aromatic carbocycles. The van der Waals surface area contributed by atoms with Gasteiger partial charge < -0.3 is 4.98 Å². The normalized spacial score (nSPS) is 16.4. The van der Waals surface area contributed by atoms with Crippen molar-refractivity contribution in [2.75, 3.05) is 5.75 Å². The highest BCUT2D eigenvalue weighted by Crippen LogP contribution is 2.36. The number of aryl methyl sites for hydroxylation is 1. The number of carbonyl (C=O) groups is 1. The van der Waals surface area contributed by atoms with Gasteiger partial charge in [-0.1, -0.05) is 24.8 Å². The minimum absolute atomic E-state index is 0.0104. The number of aromatic amines is 1. The number of rotatable bonds is 6. The summed E-state index contributed by atoms with van der Waals surface area (Å²) in [5, 5.41) is 1.35. The topological polar surface area (TPSA) is 67.8 Å². The van der Waals surface area contributed by atoms with Crippen LogP contribution in [0.5, 0.6) is 0 Å². The number of hydrogen-bond donors (Lipinski definition) is 1. The zero-order valence-electron chi connectivity index (χ0n) is 15.2. The molecule has 1 aliphatic carbocycles. The Labute approximate surface area is 165 Å². The Bertz CT molecular complexity index is 1060. The first-order valence-electron chi connectivity index (χ1n) is 9.03. The van der Waals surface area contributed by atoms with Crippen LogP contribution in [0.2, 0.25) is 0 Å². The second-order valence-electron chi connectivity index (χ2n) is 6.93. The molecule has 0 saturated heterocycles. The molecular formula is C20H21N3O2S2. The zero-order chi connectivity index (χ0) is 19.0. The van der Waals surface area contributed by atoms with Crippen LogP contribution in [0, 0.1) is 5.92 Å². The van der Waals surface area contributed by atoms with Crippen LogP contribution in [0.4, 0.5) is 0 Å². The van der Waals surface area contributed by atoms with Gasteiger partial charge in [-0.2, -0.15) is 0 Å². The standard InChI is InChI=1S/C20H21N3O2S2/c1-3-9-23-19(25)17-13-7-6-12(2)10-16(13)27-18(17)22-20(23)26-11-15(24)14-5-4-8-21-14/h3-5,8,12,21H,1,6-7,9-11H2,2H3/t12-/m1/s1. The number of carbonyl (C=O) groups excluding carboxylic acids is 1. The lowest BCUT2D eigenvalue weighted by molar-refractivity contribution is 0.101. The highest BCUT2D eigenvalue weighted by Gasteiger charge is 2.24. The molecule has 140 valence electrons. The Morgan fingerprint density at radius 2 is 2.41 bits per heavy atom. The van der Waals surface area contributed by atoms with Crippen LogP contribution in [0.3, 0.4) is 0 Å². The molecular weight excluding hydrogens is 378 g/mol. The Balaban J connectivity index is 1.73. The van der Waals surface area contributed by atoms with E-state index < -0.39 is 0 Å². The molecule has 1 aliphatic rings. The average molecular weight is 400 g/mol. The molecule has 1 atom stereocenters. The molecule has 0 saturated carbocycles. The summed E-state index contributed by atoms with van der Waals surface area (Å²) in [7, 11) is 0. The molecule has 0 fully saturated rings. The third-order valence-electron chi connectivity index (χ3n) is 4.92. The maximum Gasteiger partial charge on any atom is 0.263 e. The number of nitrogens with one attached hydrogen (secondary N) is 1. The summed E-state index contributed by atoms with van der Waals surface area (Å²) in [5.74, 6) is 0.870. The van der Waals surface area contributed by atoms with Crippen LogP contribution >= 0.6 is 23.1 Å². The maximum absolute atomic E-state index is 13.2. The van der Waals surface area contributed by atoms with E-state index in [2.05, 4.69) is 18.5 Å². The molecule has 4 rings (SSSR count). The number of fused-ring (bicyclic) bond motifs is 3. The lowest BCUT2D eigenvalue weighted by atomic mass is 9.89. The van der Waals surface area contributed by atoms with Crippen LogP contribution in [0.1, 0.15) is 34.3 Å². The molecule has 5 nitrogen and oxygen atoms in total. The van der Waals surface area contributed by atoms with Gasteiger partial charge in [0.05, 0.1) is 16.8 Å². The fourth-order valence-electron chi connectivity index (χ4n) is 3.52. The average Bonchev–Trinajstić information content (AvgIpc) is 3.29. The summed E-state index contributed by atoms with van der Waals surface area (Å²) in [4.78, 5) is 35.3. The van der Waals surface area contributed by atoms with Gasteiger partial charge in [0.15, 0.2) is 10.9 Å². The van der Waals surface area contributed by atoms with E-state index in [1.807, 2.05) is 0 Å². The van der Waals surface area contributed by atoms with Gasteiger partial charge in [0, 0.05) is 17.6 Å². The van der Waals surface area contributed by atoms with E-state index in [4.69, 9.17) is 4.98 Å². The molecule has 0 spiro atoms. The third-order valence-corrected chi connectivity index (χ3v) is 7.05. The lowest BCUT2D eigenvalue weighted by Gasteiger charge is -2.17. The molecule has 1 N–H and O–H groups in total. The summed E-state index contributed by atoms with van der Waals surface area (Å²) in [6.07, 6.45) is 6.50. The van der Waals surface area contributed by atoms with E-state index in [0.29, 0.717) is 23.3 Å². The molecule has 0 aliphatic heterocycles. The zero-order valence-corrected chi connectivity index (χ0v) is 16.8. The van der Waals surface area contributed by atoms with Gasteiger partial charge in [0.2, 0.25) is 0 Å². The van der Waals surface area contributed by atoms with Crippen molar-refractivity contribution in [1.82, 2.24) is 14.5 Å². The smallest absolute Gasteiger partial charge is 0.263 e. The molecule has 3 aromatic rings. The van der Waals surface area contributed by atoms with Crippen molar-refractivity contribution in [2.24, 2.45) is 5.92 Å². The number of H-pyrrole nitrogens is 1. The van der Waals surface area contributed by atoms with Crippen LogP contribution in [0.25, 0.3) is 10.2 Å². The quantitative estimate of drug-likeness (QED) is 0.294. The van der Waals surface area contributed by atoms with E-state index in [-0.39, 0.29) is 17.1 Å². The molecule has 3 heterocycles. The third kappa shape index (κ3) is 3.41. The summed E-state index contributed by atoms with van der Waals surface area (Å²) < 4.78 is 1.65. The van der Waals surface area contributed by atoms with Gasteiger partial charge in [0.1, 0.15) is 4.83 Å². The van der Waals surface area contributed by atoms with Crippen LogP contribution in [-0.2, 0) is 19.4 Å². The van der Waals surface area contributed by atoms with Crippen molar-refractivity contribution < 1.29 is 4.79 Å². The van der Waals surface area contributed by atoms with Gasteiger partial charge in [0.25, 0.3) is 5.56 Å². The van der Waals surface area contributed by atoms with E-state index in [1.54, 1.807) is 40.3 Å². The maximum atomic E-state index is 13.2. The van der Waals surface area contributed by atoms with Crippen molar-refractivity contribution in [1.29, 1.82) is 0 Å². The highest BCUT2D eigenvalue weighted by atomic mass is 32.2. The molecule has 3 aromatic heterocycles. The number of nitrogens with zero attached hydrogens (tertiary/aromatic N) is 2. The second kappa shape index (κ2) is 7.48. The molecule has 27 heavy (non-hydrogen) atoms. The molecule has 0 bridgehead atoms. The molecule has 0 unspecified atom stereocenters. The first-order valence-corrected chi connectivity index (χ1v) is 10.8.